The van der Waals surface area contributed by atoms with Crippen molar-refractivity contribution < 1.29 is 13.2 Å². The Hall–Kier alpha value is -0.920. The molecular formula is C9H4ClF3N2S2. The van der Waals surface area contributed by atoms with Crippen LogP contribution in [0.2, 0.25) is 5.02 Å². The highest BCUT2D eigenvalue weighted by molar-refractivity contribution is 7.71. The van der Waals surface area contributed by atoms with E-state index in [0.717, 1.165) is 6.07 Å². The number of hydrogen-bond acceptors (Lipinski definition) is 3. The topological polar surface area (TPSA) is 28.7 Å². The number of nitrogens with zero attached hydrogens (tertiary/aromatic N) is 1. The van der Waals surface area contributed by atoms with Crippen LogP contribution in [-0.2, 0) is 6.18 Å². The van der Waals surface area contributed by atoms with Crippen LogP contribution in [-0.4, -0.2) is 9.97 Å². The molecule has 17 heavy (non-hydrogen) atoms. The van der Waals surface area contributed by atoms with E-state index in [1.807, 2.05) is 4.98 Å². The number of alkyl halides is 3. The number of hydrogen-bond donors (Lipinski definition) is 1. The van der Waals surface area contributed by atoms with Gasteiger partial charge in [-0.3, -0.25) is 0 Å². The molecule has 0 atom stereocenters. The van der Waals surface area contributed by atoms with Crippen molar-refractivity contribution >= 4 is 35.2 Å². The minimum Gasteiger partial charge on any atom is -0.327 e. The van der Waals surface area contributed by atoms with E-state index in [9.17, 15) is 13.2 Å². The Morgan fingerprint density at radius 1 is 1.41 bits per heavy atom. The van der Waals surface area contributed by atoms with Crippen molar-refractivity contribution in [2.24, 2.45) is 0 Å². The number of H-pyrrole nitrogens is 1. The molecule has 8 heteroatoms. The highest BCUT2D eigenvalue weighted by atomic mass is 35.5. The molecule has 0 saturated heterocycles. The predicted octanol–water partition coefficient (Wildman–Crippen LogP) is 4.54. The maximum absolute atomic E-state index is 12.6. The fourth-order valence-corrected chi connectivity index (χ4v) is 2.53. The molecule has 0 amide bonds. The minimum absolute atomic E-state index is 0.126. The van der Waals surface area contributed by atoms with Gasteiger partial charge in [-0.05, 0) is 29.7 Å². The Labute approximate surface area is 108 Å². The van der Waals surface area contributed by atoms with E-state index in [1.54, 1.807) is 11.4 Å². The summed E-state index contributed by atoms with van der Waals surface area (Å²) >= 11 is 11.7. The van der Waals surface area contributed by atoms with Gasteiger partial charge in [-0.1, -0.05) is 11.6 Å². The number of thiophene rings is 1. The summed E-state index contributed by atoms with van der Waals surface area (Å²) in [5, 5.41) is 2.03. The predicted molar refractivity (Wildman–Crippen MR) is 62.7 cm³/mol. The Kier molecular flexibility index (Phi) is 3.24. The molecule has 1 N–H and O–H groups in total. The van der Waals surface area contributed by atoms with Crippen molar-refractivity contribution in [3.8, 4) is 10.6 Å². The Balaban J connectivity index is 2.61. The molecule has 0 aliphatic rings. The highest BCUT2D eigenvalue weighted by Gasteiger charge is 2.32. The Bertz CT molecular complexity index is 603. The van der Waals surface area contributed by atoms with Crippen LogP contribution < -0.4 is 0 Å². The molecule has 2 rings (SSSR count). The monoisotopic (exact) mass is 296 g/mol. The molecule has 2 aromatic heterocycles. The average molecular weight is 297 g/mol. The zero-order valence-corrected chi connectivity index (χ0v) is 10.4. The van der Waals surface area contributed by atoms with Crippen molar-refractivity contribution in [3.05, 3.63) is 33.0 Å². The van der Waals surface area contributed by atoms with Crippen LogP contribution in [0.25, 0.3) is 10.6 Å². The smallest absolute Gasteiger partial charge is 0.327 e. The van der Waals surface area contributed by atoms with Crippen molar-refractivity contribution in [1.82, 2.24) is 9.97 Å². The Morgan fingerprint density at radius 3 is 2.65 bits per heavy atom. The maximum atomic E-state index is 12.6. The number of aromatic nitrogens is 2. The lowest BCUT2D eigenvalue weighted by atomic mass is 10.3. The van der Waals surface area contributed by atoms with Gasteiger partial charge in [0.15, 0.2) is 4.77 Å². The quantitative estimate of drug-likeness (QED) is 0.783. The summed E-state index contributed by atoms with van der Waals surface area (Å²) in [7, 11) is 0. The molecule has 0 radical (unpaired) electrons. The van der Waals surface area contributed by atoms with E-state index in [1.165, 1.54) is 11.3 Å². The molecule has 2 heterocycles. The lowest BCUT2D eigenvalue weighted by Crippen LogP contribution is -2.09. The van der Waals surface area contributed by atoms with Gasteiger partial charge in [0, 0.05) is 0 Å². The summed E-state index contributed by atoms with van der Waals surface area (Å²) in [6.07, 6.45) is -4.49. The summed E-state index contributed by atoms with van der Waals surface area (Å²) in [6, 6.07) is 2.49. The van der Waals surface area contributed by atoms with E-state index < -0.39 is 11.9 Å². The minimum atomic E-state index is -4.49. The van der Waals surface area contributed by atoms with Gasteiger partial charge in [0.25, 0.3) is 0 Å². The number of rotatable bonds is 1. The van der Waals surface area contributed by atoms with Gasteiger partial charge in [-0.25, -0.2) is 4.98 Å². The maximum Gasteiger partial charge on any atom is 0.431 e. The van der Waals surface area contributed by atoms with Crippen molar-refractivity contribution in [1.29, 1.82) is 0 Å². The fourth-order valence-electron chi connectivity index (χ4n) is 1.20. The third kappa shape index (κ3) is 2.67. The number of nitrogens with one attached hydrogen (secondary N) is 1. The third-order valence-corrected chi connectivity index (χ3v) is 3.46. The van der Waals surface area contributed by atoms with Crippen molar-refractivity contribution in [3.63, 3.8) is 0 Å². The first-order valence-electron chi connectivity index (χ1n) is 4.30. The van der Waals surface area contributed by atoms with E-state index in [2.05, 4.69) is 17.2 Å². The molecular weight excluding hydrogens is 293 g/mol. The second-order valence-electron chi connectivity index (χ2n) is 3.08. The highest BCUT2D eigenvalue weighted by Crippen LogP contribution is 2.34. The lowest BCUT2D eigenvalue weighted by Gasteiger charge is -2.07. The van der Waals surface area contributed by atoms with E-state index >= 15 is 0 Å². The number of aromatic amines is 1. The zero-order valence-electron chi connectivity index (χ0n) is 8.01. The molecule has 0 fully saturated rings. The van der Waals surface area contributed by atoms with Crippen molar-refractivity contribution in [2.75, 3.05) is 0 Å². The van der Waals surface area contributed by atoms with Gasteiger partial charge in [-0.2, -0.15) is 13.2 Å². The molecule has 0 spiro atoms. The normalized spacial score (nSPS) is 11.8. The van der Waals surface area contributed by atoms with E-state index in [4.69, 9.17) is 11.6 Å². The largest absolute Gasteiger partial charge is 0.431 e. The molecule has 2 nitrogen and oxygen atoms in total. The third-order valence-electron chi connectivity index (χ3n) is 1.90. The second kappa shape index (κ2) is 4.40. The van der Waals surface area contributed by atoms with Crippen LogP contribution in [0.15, 0.2) is 17.5 Å². The van der Waals surface area contributed by atoms with Gasteiger partial charge >= 0.3 is 6.18 Å². The summed E-state index contributed by atoms with van der Waals surface area (Å²) in [4.78, 5) is 6.31. The molecule has 0 saturated carbocycles. The summed E-state index contributed by atoms with van der Waals surface area (Å²) in [5.74, 6) is 0. The van der Waals surface area contributed by atoms with Crippen LogP contribution in [0.1, 0.15) is 5.69 Å². The molecule has 0 aromatic carbocycles. The van der Waals surface area contributed by atoms with Gasteiger partial charge in [0.1, 0.15) is 5.69 Å². The van der Waals surface area contributed by atoms with Crippen LogP contribution in [0.3, 0.4) is 0 Å². The molecule has 0 aliphatic heterocycles. The van der Waals surface area contributed by atoms with Crippen LogP contribution in [0.5, 0.6) is 0 Å². The summed E-state index contributed by atoms with van der Waals surface area (Å²) in [5.41, 5.74) is -0.807. The zero-order chi connectivity index (χ0) is 12.6. The molecule has 0 bridgehead atoms. The van der Waals surface area contributed by atoms with Crippen LogP contribution in [0.4, 0.5) is 13.2 Å². The molecule has 0 aliphatic carbocycles. The molecule has 2 aromatic rings. The molecule has 90 valence electrons. The molecule has 0 unspecified atom stereocenters. The van der Waals surface area contributed by atoms with Gasteiger partial charge in [0.05, 0.1) is 15.6 Å². The fraction of sp³-hybridized carbons (Fsp3) is 0.111. The summed E-state index contributed by atoms with van der Waals surface area (Å²) in [6.45, 7) is 0. The average Bonchev–Trinajstić information content (AvgIpc) is 2.62. The van der Waals surface area contributed by atoms with Gasteiger partial charge in [-0.15, -0.1) is 11.3 Å². The van der Waals surface area contributed by atoms with Crippen molar-refractivity contribution in [2.45, 2.75) is 6.18 Å². The lowest BCUT2D eigenvalue weighted by molar-refractivity contribution is -0.141. The SMILES string of the molecule is FC(F)(F)c1cc(-c2sccc2Cl)nc(=S)[nH]1. The summed E-state index contributed by atoms with van der Waals surface area (Å²) < 4.78 is 37.4. The standard InChI is InChI=1S/C9H4ClF3N2S2/c10-4-1-2-17-7(4)5-3-6(9(11,12)13)15-8(16)14-5/h1-3H,(H,14,15,16). The van der Waals surface area contributed by atoms with Crippen LogP contribution >= 0.6 is 35.2 Å². The first-order chi connectivity index (χ1) is 7.88. The second-order valence-corrected chi connectivity index (χ2v) is 4.79. The van der Waals surface area contributed by atoms with E-state index in [-0.39, 0.29) is 10.5 Å². The number of halogens is 4. The van der Waals surface area contributed by atoms with E-state index in [0.29, 0.717) is 9.90 Å². The van der Waals surface area contributed by atoms with Crippen LogP contribution in [0, 0.1) is 4.77 Å². The first-order valence-corrected chi connectivity index (χ1v) is 5.96. The van der Waals surface area contributed by atoms with Gasteiger partial charge in [0.2, 0.25) is 0 Å². The first kappa shape index (κ1) is 12.5. The van der Waals surface area contributed by atoms with Gasteiger partial charge < -0.3 is 4.98 Å². The Morgan fingerprint density at radius 2 is 2.12 bits per heavy atom.